The number of rotatable bonds is 6. The second-order valence-corrected chi connectivity index (χ2v) is 10.0. The van der Waals surface area contributed by atoms with E-state index in [0.29, 0.717) is 12.8 Å². The highest BCUT2D eigenvalue weighted by Gasteiger charge is 2.44. The zero-order valence-corrected chi connectivity index (χ0v) is 22.6. The Morgan fingerprint density at radius 2 is 1.84 bits per heavy atom. The van der Waals surface area contributed by atoms with Crippen molar-refractivity contribution in [3.63, 3.8) is 0 Å². The van der Waals surface area contributed by atoms with Crippen molar-refractivity contribution in [3.8, 4) is 22.9 Å². The zero-order chi connectivity index (χ0) is 31.4. The van der Waals surface area contributed by atoms with Gasteiger partial charge in [0.15, 0.2) is 17.2 Å². The summed E-state index contributed by atoms with van der Waals surface area (Å²) < 4.78 is 85.2. The Bertz CT molecular complexity index is 1790. The molecule has 15 heteroatoms. The molecular weight excluding hydrogens is 595 g/mol. The molecule has 1 aliphatic heterocycles. The molecule has 0 saturated heterocycles. The summed E-state index contributed by atoms with van der Waals surface area (Å²) in [4.78, 5) is 29.8. The lowest BCUT2D eigenvalue weighted by Gasteiger charge is -2.26. The maximum absolute atomic E-state index is 14.1. The smallest absolute Gasteiger partial charge is 0.482 e. The van der Waals surface area contributed by atoms with Gasteiger partial charge in [-0.1, -0.05) is 6.07 Å². The number of hydrogen-bond donors (Lipinski definition) is 1. The summed E-state index contributed by atoms with van der Waals surface area (Å²) in [5.74, 6) is -2.26. The molecule has 1 N–H and O–H groups in total. The van der Waals surface area contributed by atoms with Gasteiger partial charge in [-0.2, -0.15) is 18.3 Å². The molecule has 1 atom stereocenters. The lowest BCUT2D eigenvalue weighted by atomic mass is 9.92. The van der Waals surface area contributed by atoms with Gasteiger partial charge in [0.1, 0.15) is 11.9 Å². The van der Waals surface area contributed by atoms with E-state index < -0.39 is 36.1 Å². The highest BCUT2D eigenvalue weighted by atomic mass is 19.4. The third-order valence-electron chi connectivity index (χ3n) is 7.14. The van der Waals surface area contributed by atoms with Crippen LogP contribution in [-0.4, -0.2) is 45.1 Å². The molecule has 1 aliphatic carbocycles. The Labute approximate surface area is 245 Å². The van der Waals surface area contributed by atoms with Gasteiger partial charge in [-0.25, -0.2) is 9.48 Å². The number of aromatic nitrogens is 3. The van der Waals surface area contributed by atoms with E-state index in [0.717, 1.165) is 15.8 Å². The second-order valence-electron chi connectivity index (χ2n) is 10.0. The van der Waals surface area contributed by atoms with Crippen LogP contribution in [0.4, 0.5) is 27.6 Å². The number of carbonyl (C=O) groups is 2. The van der Waals surface area contributed by atoms with Crippen LogP contribution >= 0.6 is 0 Å². The van der Waals surface area contributed by atoms with Crippen LogP contribution in [0.1, 0.15) is 56.6 Å². The van der Waals surface area contributed by atoms with Crippen LogP contribution in [0.3, 0.4) is 0 Å². The molecule has 0 saturated carbocycles. The molecule has 0 spiro atoms. The van der Waals surface area contributed by atoms with Gasteiger partial charge in [-0.05, 0) is 55.7 Å². The summed E-state index contributed by atoms with van der Waals surface area (Å²) in [6, 6.07) is 10.8. The van der Waals surface area contributed by atoms with Crippen molar-refractivity contribution in [2.75, 3.05) is 11.9 Å². The molecular formula is C29H21F5N4O6. The van der Waals surface area contributed by atoms with Crippen LogP contribution in [-0.2, 0) is 12.6 Å². The summed E-state index contributed by atoms with van der Waals surface area (Å²) >= 11 is 0. The lowest BCUT2D eigenvalue weighted by Crippen LogP contribution is -2.26. The van der Waals surface area contributed by atoms with E-state index in [9.17, 15) is 36.6 Å². The minimum absolute atomic E-state index is 0.0519. The number of carboxylic acid groups (broad SMARTS) is 1. The largest absolute Gasteiger partial charge is 0.586 e. The lowest BCUT2D eigenvalue weighted by molar-refractivity contribution is -0.286. The molecule has 10 nitrogen and oxygen atoms in total. The Morgan fingerprint density at radius 3 is 2.59 bits per heavy atom. The van der Waals surface area contributed by atoms with Gasteiger partial charge < -0.3 is 24.2 Å². The Morgan fingerprint density at radius 1 is 1.07 bits per heavy atom. The Balaban J connectivity index is 1.36. The first-order valence-electron chi connectivity index (χ1n) is 13.1. The number of halogens is 5. The number of anilines is 1. The van der Waals surface area contributed by atoms with Crippen molar-refractivity contribution in [3.05, 3.63) is 89.0 Å². The van der Waals surface area contributed by atoms with Gasteiger partial charge >= 0.3 is 18.4 Å². The molecule has 228 valence electrons. The number of ether oxygens (including phenoxy) is 3. The summed E-state index contributed by atoms with van der Waals surface area (Å²) in [6.07, 6.45) is -6.46. The molecule has 0 bridgehead atoms. The van der Waals surface area contributed by atoms with Gasteiger partial charge in [0.25, 0.3) is 5.91 Å². The third-order valence-corrected chi connectivity index (χ3v) is 7.14. The maximum Gasteiger partial charge on any atom is 0.586 e. The topological polar surface area (TPSA) is 116 Å². The van der Waals surface area contributed by atoms with E-state index in [1.54, 1.807) is 0 Å². The first-order chi connectivity index (χ1) is 20.8. The molecule has 1 amide bonds. The standard InChI is InChI=1S/C29H21F5N4O6/c1-37(17-8-9-21-23(12-17)44-29(33,34)43-21)26(39)15-4-2-5-18(10-15)38-24-20(25(36-38)28(30,31)32)6-3-7-22(24)42-19-11-16(27(40)41)13-35-14-19/h2,4-5,8-14,22H,3,6-7H2,1H3,(H,40,41)/t22-/m0/s1. The van der Waals surface area contributed by atoms with E-state index in [2.05, 4.69) is 19.6 Å². The number of pyridine rings is 1. The van der Waals surface area contributed by atoms with Crippen LogP contribution in [0.25, 0.3) is 5.69 Å². The van der Waals surface area contributed by atoms with Gasteiger partial charge in [0, 0.05) is 36.1 Å². The zero-order valence-electron chi connectivity index (χ0n) is 22.6. The minimum atomic E-state index is -4.79. The van der Waals surface area contributed by atoms with Crippen molar-refractivity contribution in [1.82, 2.24) is 14.8 Å². The van der Waals surface area contributed by atoms with E-state index in [1.165, 1.54) is 61.8 Å². The van der Waals surface area contributed by atoms with Crippen molar-refractivity contribution in [1.29, 1.82) is 0 Å². The summed E-state index contributed by atoms with van der Waals surface area (Å²) in [5.41, 5.74) is -0.812. The molecule has 2 aliphatic rings. The predicted molar refractivity (Wildman–Crippen MR) is 141 cm³/mol. The summed E-state index contributed by atoms with van der Waals surface area (Å²) in [6.45, 7) is 0. The first-order valence-corrected chi connectivity index (χ1v) is 13.1. The number of fused-ring (bicyclic) bond motifs is 2. The van der Waals surface area contributed by atoms with Crippen molar-refractivity contribution in [2.24, 2.45) is 0 Å². The van der Waals surface area contributed by atoms with Crippen molar-refractivity contribution in [2.45, 2.75) is 37.8 Å². The fourth-order valence-corrected chi connectivity index (χ4v) is 5.17. The number of alkyl halides is 5. The van der Waals surface area contributed by atoms with Crippen molar-refractivity contribution >= 4 is 17.6 Å². The highest BCUT2D eigenvalue weighted by molar-refractivity contribution is 6.06. The quantitative estimate of drug-likeness (QED) is 0.261. The number of hydrogen-bond acceptors (Lipinski definition) is 7. The third kappa shape index (κ3) is 5.36. The highest BCUT2D eigenvalue weighted by Crippen LogP contribution is 2.44. The van der Waals surface area contributed by atoms with Gasteiger partial charge in [0.2, 0.25) is 0 Å². The van der Waals surface area contributed by atoms with Crippen molar-refractivity contribution < 1.29 is 50.9 Å². The van der Waals surface area contributed by atoms with E-state index >= 15 is 0 Å². The number of aromatic carboxylic acids is 1. The average molecular weight is 616 g/mol. The molecule has 6 rings (SSSR count). The average Bonchev–Trinajstić information content (AvgIpc) is 3.53. The molecule has 2 aromatic heterocycles. The maximum atomic E-state index is 14.1. The number of carboxylic acids is 1. The fraction of sp³-hybridized carbons (Fsp3) is 0.241. The Kier molecular flexibility index (Phi) is 6.89. The van der Waals surface area contributed by atoms with Gasteiger partial charge in [-0.3, -0.25) is 9.78 Å². The van der Waals surface area contributed by atoms with Gasteiger partial charge in [-0.15, -0.1) is 8.78 Å². The molecule has 0 unspecified atom stereocenters. The van der Waals surface area contributed by atoms with Crippen LogP contribution in [0.2, 0.25) is 0 Å². The van der Waals surface area contributed by atoms with E-state index in [1.807, 2.05) is 0 Å². The fourth-order valence-electron chi connectivity index (χ4n) is 5.17. The second kappa shape index (κ2) is 10.5. The van der Waals surface area contributed by atoms with E-state index in [4.69, 9.17) is 4.74 Å². The summed E-state index contributed by atoms with van der Waals surface area (Å²) in [7, 11) is 1.39. The number of amides is 1. The SMILES string of the molecule is CN(C(=O)c1cccc(-n2nc(C(F)(F)F)c3c2[C@@H](Oc2cncc(C(=O)O)c2)CCC3)c1)c1ccc2c(c1)OC(F)(F)O2. The van der Waals surface area contributed by atoms with E-state index in [-0.39, 0.29) is 57.4 Å². The van der Waals surface area contributed by atoms with Crippen LogP contribution in [0, 0.1) is 0 Å². The number of carbonyl (C=O) groups excluding carboxylic acids is 1. The molecule has 0 radical (unpaired) electrons. The van der Waals surface area contributed by atoms with Crippen LogP contribution in [0.5, 0.6) is 17.2 Å². The monoisotopic (exact) mass is 616 g/mol. The molecule has 0 fully saturated rings. The molecule has 4 aromatic rings. The Hall–Kier alpha value is -5.21. The minimum Gasteiger partial charge on any atom is -0.482 e. The number of nitrogens with zero attached hydrogens (tertiary/aromatic N) is 4. The molecule has 3 heterocycles. The summed E-state index contributed by atoms with van der Waals surface area (Å²) in [5, 5.41) is 13.2. The van der Waals surface area contributed by atoms with Crippen LogP contribution < -0.4 is 19.1 Å². The van der Waals surface area contributed by atoms with Gasteiger partial charge in [0.05, 0.1) is 23.1 Å². The predicted octanol–water partition coefficient (Wildman–Crippen LogP) is 6.04. The molecule has 2 aromatic carbocycles. The normalized spacial score (nSPS) is 16.7. The van der Waals surface area contributed by atoms with Crippen LogP contribution in [0.15, 0.2) is 60.9 Å². The first kappa shape index (κ1) is 28.9. The number of benzene rings is 2. The molecule has 44 heavy (non-hydrogen) atoms.